The molecule has 0 saturated carbocycles. The third kappa shape index (κ3) is 6.09. The van der Waals surface area contributed by atoms with Crippen molar-refractivity contribution in [3.8, 4) is 0 Å². The zero-order valence-electron chi connectivity index (χ0n) is 8.02. The topological polar surface area (TPSA) is 26.3 Å². The quantitative estimate of drug-likeness (QED) is 0.302. The van der Waals surface area contributed by atoms with E-state index in [0.29, 0.717) is 19.3 Å². The van der Waals surface area contributed by atoms with E-state index < -0.39 is 18.3 Å². The van der Waals surface area contributed by atoms with Crippen LogP contribution in [0.15, 0.2) is 12.7 Å². The van der Waals surface area contributed by atoms with E-state index in [1.165, 1.54) is 0 Å². The number of rotatable bonds is 6. The summed E-state index contributed by atoms with van der Waals surface area (Å²) >= 11 is 0. The molecule has 0 spiro atoms. The van der Waals surface area contributed by atoms with Gasteiger partial charge in [-0.05, 0) is 19.3 Å². The van der Waals surface area contributed by atoms with Crippen LogP contribution < -0.4 is 0 Å². The summed E-state index contributed by atoms with van der Waals surface area (Å²) in [5.74, 6) is -1.87. The minimum atomic E-state index is -5.18. The first-order valence-electron chi connectivity index (χ1n) is 4.38. The van der Waals surface area contributed by atoms with Crippen LogP contribution in [-0.4, -0.2) is 24.9 Å². The van der Waals surface area contributed by atoms with Gasteiger partial charge in [0.15, 0.2) is 0 Å². The Hall–Kier alpha value is -1.07. The molecule has 0 aromatic carbocycles. The molecule has 0 aliphatic rings. The summed E-state index contributed by atoms with van der Waals surface area (Å²) in [4.78, 5) is 10.5. The number of alkyl halides is 4. The van der Waals surface area contributed by atoms with Gasteiger partial charge in [0.1, 0.15) is 0 Å². The molecule has 2 nitrogen and oxygen atoms in total. The van der Waals surface area contributed by atoms with Gasteiger partial charge in [0.25, 0.3) is 6.17 Å². The summed E-state index contributed by atoms with van der Waals surface area (Å²) < 4.78 is 51.3. The number of unbranched alkanes of at least 4 members (excludes halogenated alkanes) is 2. The lowest BCUT2D eigenvalue weighted by atomic mass is 10.2. The predicted molar refractivity (Wildman–Crippen MR) is 46.0 cm³/mol. The van der Waals surface area contributed by atoms with Crippen LogP contribution in [0.2, 0.25) is 0 Å². The van der Waals surface area contributed by atoms with Gasteiger partial charge in [-0.25, -0.2) is 9.18 Å². The Labute approximate surface area is 84.9 Å². The van der Waals surface area contributed by atoms with E-state index >= 15 is 0 Å². The van der Waals surface area contributed by atoms with Crippen LogP contribution in [-0.2, 0) is 9.53 Å². The van der Waals surface area contributed by atoms with Gasteiger partial charge in [0.2, 0.25) is 0 Å². The molecule has 1 unspecified atom stereocenters. The van der Waals surface area contributed by atoms with Crippen LogP contribution in [0.3, 0.4) is 0 Å². The maximum absolute atomic E-state index is 12.3. The SMILES string of the molecule is C=CCCCCOC(=O)C(F)C(F)(F)F. The minimum absolute atomic E-state index is 0.205. The maximum atomic E-state index is 12.3. The van der Waals surface area contributed by atoms with Crippen LogP contribution >= 0.6 is 0 Å². The van der Waals surface area contributed by atoms with Gasteiger partial charge >= 0.3 is 12.1 Å². The van der Waals surface area contributed by atoms with Gasteiger partial charge in [-0.15, -0.1) is 6.58 Å². The Morgan fingerprint density at radius 3 is 2.47 bits per heavy atom. The van der Waals surface area contributed by atoms with Crippen LogP contribution in [0.25, 0.3) is 0 Å². The maximum Gasteiger partial charge on any atom is 0.430 e. The van der Waals surface area contributed by atoms with Crippen molar-refractivity contribution in [3.05, 3.63) is 12.7 Å². The molecule has 0 aromatic heterocycles. The molecule has 0 heterocycles. The second-order valence-electron chi connectivity index (χ2n) is 2.86. The number of hydrogen-bond donors (Lipinski definition) is 0. The smallest absolute Gasteiger partial charge is 0.430 e. The summed E-state index contributed by atoms with van der Waals surface area (Å²) in [7, 11) is 0. The Bertz CT molecular complexity index is 213. The van der Waals surface area contributed by atoms with Gasteiger partial charge in [0.05, 0.1) is 6.61 Å². The molecule has 88 valence electrons. The fourth-order valence-corrected chi connectivity index (χ4v) is 0.770. The number of ether oxygens (including phenoxy) is 1. The molecule has 0 radical (unpaired) electrons. The molecule has 1 atom stereocenters. The summed E-state index contributed by atoms with van der Waals surface area (Å²) in [6, 6.07) is 0. The summed E-state index contributed by atoms with van der Waals surface area (Å²) in [5.41, 5.74) is 0. The number of hydrogen-bond acceptors (Lipinski definition) is 2. The predicted octanol–water partition coefficient (Wildman–Crippen LogP) is 2.79. The molecule has 0 aliphatic carbocycles. The summed E-state index contributed by atoms with van der Waals surface area (Å²) in [6.07, 6.45) is -5.39. The van der Waals surface area contributed by atoms with Crippen molar-refractivity contribution in [3.63, 3.8) is 0 Å². The zero-order valence-corrected chi connectivity index (χ0v) is 8.02. The number of allylic oxidation sites excluding steroid dienone is 1. The van der Waals surface area contributed by atoms with Crippen molar-refractivity contribution in [2.45, 2.75) is 31.6 Å². The van der Waals surface area contributed by atoms with Crippen LogP contribution in [0.1, 0.15) is 19.3 Å². The van der Waals surface area contributed by atoms with Crippen LogP contribution in [0.5, 0.6) is 0 Å². The first kappa shape index (κ1) is 13.9. The highest BCUT2D eigenvalue weighted by molar-refractivity contribution is 5.75. The molecule has 15 heavy (non-hydrogen) atoms. The molecule has 0 fully saturated rings. The second-order valence-corrected chi connectivity index (χ2v) is 2.86. The molecule has 0 saturated heterocycles. The lowest BCUT2D eigenvalue weighted by molar-refractivity contribution is -0.201. The van der Waals surface area contributed by atoms with E-state index in [0.717, 1.165) is 0 Å². The molecule has 0 aliphatic heterocycles. The number of halogens is 4. The molecule has 0 bridgehead atoms. The van der Waals surface area contributed by atoms with Crippen molar-refractivity contribution >= 4 is 5.97 Å². The monoisotopic (exact) mass is 228 g/mol. The third-order valence-electron chi connectivity index (χ3n) is 1.54. The fraction of sp³-hybridized carbons (Fsp3) is 0.667. The summed E-state index contributed by atoms with van der Waals surface area (Å²) in [6.45, 7) is 3.23. The molecular formula is C9H12F4O2. The highest BCUT2D eigenvalue weighted by Gasteiger charge is 2.46. The number of esters is 1. The molecule has 0 aromatic rings. The second kappa shape index (κ2) is 6.42. The van der Waals surface area contributed by atoms with Crippen molar-refractivity contribution in [2.24, 2.45) is 0 Å². The highest BCUT2D eigenvalue weighted by atomic mass is 19.4. The van der Waals surface area contributed by atoms with Crippen LogP contribution in [0.4, 0.5) is 17.6 Å². The number of carbonyl (C=O) groups excluding carboxylic acids is 1. The minimum Gasteiger partial charge on any atom is -0.463 e. The van der Waals surface area contributed by atoms with Crippen molar-refractivity contribution in [2.75, 3.05) is 6.61 Å². The van der Waals surface area contributed by atoms with Gasteiger partial charge in [-0.3, -0.25) is 0 Å². The lowest BCUT2D eigenvalue weighted by Gasteiger charge is -2.11. The first-order chi connectivity index (χ1) is 6.89. The van der Waals surface area contributed by atoms with Crippen molar-refractivity contribution in [1.82, 2.24) is 0 Å². The van der Waals surface area contributed by atoms with Gasteiger partial charge in [-0.1, -0.05) is 6.08 Å². The Kier molecular flexibility index (Phi) is 5.96. The molecule has 0 amide bonds. The standard InChI is InChI=1S/C9H12F4O2/c1-2-3-4-5-6-15-8(14)7(10)9(11,12)13/h2,7H,1,3-6H2. The van der Waals surface area contributed by atoms with Gasteiger partial charge in [-0.2, -0.15) is 13.2 Å². The van der Waals surface area contributed by atoms with E-state index in [1.54, 1.807) is 6.08 Å². The van der Waals surface area contributed by atoms with Crippen molar-refractivity contribution < 1.29 is 27.1 Å². The molecule has 6 heteroatoms. The van der Waals surface area contributed by atoms with E-state index in [1.807, 2.05) is 0 Å². The lowest BCUT2D eigenvalue weighted by Crippen LogP contribution is -2.34. The summed E-state index contributed by atoms with van der Waals surface area (Å²) in [5, 5.41) is 0. The molecular weight excluding hydrogens is 216 g/mol. The normalized spacial score (nSPS) is 13.3. The van der Waals surface area contributed by atoms with Gasteiger partial charge < -0.3 is 4.74 Å². The molecule has 0 rings (SSSR count). The Morgan fingerprint density at radius 1 is 1.40 bits per heavy atom. The van der Waals surface area contributed by atoms with Crippen molar-refractivity contribution in [1.29, 1.82) is 0 Å². The van der Waals surface area contributed by atoms with Gasteiger partial charge in [0, 0.05) is 0 Å². The Balaban J connectivity index is 3.70. The van der Waals surface area contributed by atoms with E-state index in [4.69, 9.17) is 0 Å². The molecule has 0 N–H and O–H groups in total. The van der Waals surface area contributed by atoms with E-state index in [-0.39, 0.29) is 6.61 Å². The average molecular weight is 228 g/mol. The first-order valence-corrected chi connectivity index (χ1v) is 4.38. The average Bonchev–Trinajstić information content (AvgIpc) is 2.14. The fourth-order valence-electron chi connectivity index (χ4n) is 0.770. The Morgan fingerprint density at radius 2 is 2.00 bits per heavy atom. The largest absolute Gasteiger partial charge is 0.463 e. The van der Waals surface area contributed by atoms with E-state index in [2.05, 4.69) is 11.3 Å². The highest BCUT2D eigenvalue weighted by Crippen LogP contribution is 2.23. The zero-order chi connectivity index (χ0) is 11.9. The number of carbonyl (C=O) groups is 1. The van der Waals surface area contributed by atoms with E-state index in [9.17, 15) is 22.4 Å². The van der Waals surface area contributed by atoms with Crippen LogP contribution in [0, 0.1) is 0 Å². The third-order valence-corrected chi connectivity index (χ3v) is 1.54.